The summed E-state index contributed by atoms with van der Waals surface area (Å²) >= 11 is 1.30. The third kappa shape index (κ3) is 5.67. The maximum absolute atomic E-state index is 13.1. The normalized spacial score (nSPS) is 10.7. The molecule has 0 bridgehead atoms. The first-order valence-electron chi connectivity index (χ1n) is 8.49. The highest BCUT2D eigenvalue weighted by atomic mass is 32.2. The number of aliphatic hydroxyl groups excluding tert-OH is 1. The summed E-state index contributed by atoms with van der Waals surface area (Å²) in [6.45, 7) is 0.789. The number of aromatic nitrogens is 2. The largest absolute Gasteiger partial charge is 0.390 e. The van der Waals surface area contributed by atoms with Crippen LogP contribution in [0.25, 0.3) is 0 Å². The quantitative estimate of drug-likeness (QED) is 0.585. The van der Waals surface area contributed by atoms with Crippen molar-refractivity contribution in [1.29, 1.82) is 0 Å². The fourth-order valence-corrected chi connectivity index (χ4v) is 3.35. The number of carbonyl (C=O) groups is 1. The molecule has 0 aliphatic heterocycles. The minimum Gasteiger partial charge on any atom is -0.390 e. The number of nitrogens with zero attached hydrogens (tertiary/aromatic N) is 2. The van der Waals surface area contributed by atoms with Gasteiger partial charge in [-0.1, -0.05) is 54.2 Å². The van der Waals surface area contributed by atoms with Gasteiger partial charge in [-0.05, 0) is 23.3 Å². The highest BCUT2D eigenvalue weighted by molar-refractivity contribution is 7.99. The number of carbonyl (C=O) groups excluding carboxylic acids is 1. The van der Waals surface area contributed by atoms with Crippen molar-refractivity contribution in [2.24, 2.45) is 0 Å². The number of amides is 1. The van der Waals surface area contributed by atoms with Crippen LogP contribution in [0.5, 0.6) is 0 Å². The zero-order chi connectivity index (χ0) is 19.1. The molecule has 27 heavy (non-hydrogen) atoms. The molecule has 0 atom stereocenters. The molecule has 0 aliphatic carbocycles. The third-order valence-electron chi connectivity index (χ3n) is 3.88. The summed E-state index contributed by atoms with van der Waals surface area (Å²) in [4.78, 5) is 16.5. The second-order valence-electron chi connectivity index (χ2n) is 5.98. The van der Waals surface area contributed by atoms with E-state index < -0.39 is 0 Å². The molecule has 1 aromatic heterocycles. The molecule has 2 N–H and O–H groups in total. The summed E-state index contributed by atoms with van der Waals surface area (Å²) in [5.74, 6) is -0.158. The van der Waals surface area contributed by atoms with E-state index in [0.29, 0.717) is 23.9 Å². The van der Waals surface area contributed by atoms with Gasteiger partial charge in [0.15, 0.2) is 5.16 Å². The standard InChI is InChI=1S/C20H20FN3O2S/c21-17-8-6-16(7-9-17)11-24-12-18(13-25)23-20(24)27-14-19(26)22-10-15-4-2-1-3-5-15/h1-9,12,25H,10-11,13-14H2,(H,22,26). The molecule has 3 aromatic rings. The number of hydrogen-bond donors (Lipinski definition) is 2. The average molecular weight is 385 g/mol. The van der Waals surface area contributed by atoms with E-state index in [4.69, 9.17) is 0 Å². The van der Waals surface area contributed by atoms with Crippen molar-refractivity contribution >= 4 is 17.7 Å². The minimum atomic E-state index is -0.287. The minimum absolute atomic E-state index is 0.0919. The number of aliphatic hydroxyl groups is 1. The highest BCUT2D eigenvalue weighted by Gasteiger charge is 2.11. The first kappa shape index (κ1) is 19.1. The molecule has 140 valence electrons. The van der Waals surface area contributed by atoms with Crippen molar-refractivity contribution in [2.45, 2.75) is 24.9 Å². The lowest BCUT2D eigenvalue weighted by Gasteiger charge is -2.08. The van der Waals surface area contributed by atoms with Crippen molar-refractivity contribution in [3.05, 3.63) is 83.4 Å². The van der Waals surface area contributed by atoms with Crippen LogP contribution < -0.4 is 5.32 Å². The number of thioether (sulfide) groups is 1. The van der Waals surface area contributed by atoms with Gasteiger partial charge < -0.3 is 15.0 Å². The van der Waals surface area contributed by atoms with Gasteiger partial charge in [0.25, 0.3) is 0 Å². The van der Waals surface area contributed by atoms with Gasteiger partial charge in [0.1, 0.15) is 5.82 Å². The summed E-state index contributed by atoms with van der Waals surface area (Å²) in [6.07, 6.45) is 1.74. The second kappa shape index (κ2) is 9.34. The number of benzene rings is 2. The topological polar surface area (TPSA) is 67.1 Å². The number of rotatable bonds is 8. The number of hydrogen-bond acceptors (Lipinski definition) is 4. The van der Waals surface area contributed by atoms with Crippen molar-refractivity contribution in [2.75, 3.05) is 5.75 Å². The fourth-order valence-electron chi connectivity index (χ4n) is 2.52. The van der Waals surface area contributed by atoms with E-state index in [-0.39, 0.29) is 24.1 Å². The molecule has 0 radical (unpaired) electrons. The summed E-state index contributed by atoms with van der Waals surface area (Å²) in [5.41, 5.74) is 2.48. The van der Waals surface area contributed by atoms with Crippen LogP contribution in [-0.2, 0) is 24.5 Å². The van der Waals surface area contributed by atoms with E-state index in [9.17, 15) is 14.3 Å². The number of nitrogens with one attached hydrogen (secondary N) is 1. The van der Waals surface area contributed by atoms with Crippen LogP contribution >= 0.6 is 11.8 Å². The maximum atomic E-state index is 13.1. The van der Waals surface area contributed by atoms with Crippen molar-refractivity contribution < 1.29 is 14.3 Å². The van der Waals surface area contributed by atoms with Gasteiger partial charge in [-0.3, -0.25) is 4.79 Å². The molecule has 7 heteroatoms. The van der Waals surface area contributed by atoms with Crippen LogP contribution in [0.2, 0.25) is 0 Å². The van der Waals surface area contributed by atoms with Crippen LogP contribution in [-0.4, -0.2) is 26.3 Å². The molecule has 1 heterocycles. The van der Waals surface area contributed by atoms with Crippen LogP contribution in [0.3, 0.4) is 0 Å². The first-order chi connectivity index (χ1) is 13.1. The average Bonchev–Trinajstić information content (AvgIpc) is 3.09. The lowest BCUT2D eigenvalue weighted by Crippen LogP contribution is -2.24. The third-order valence-corrected chi connectivity index (χ3v) is 4.87. The van der Waals surface area contributed by atoms with E-state index >= 15 is 0 Å². The Bertz CT molecular complexity index is 882. The Hall–Kier alpha value is -2.64. The van der Waals surface area contributed by atoms with Crippen molar-refractivity contribution in [3.63, 3.8) is 0 Å². The molecule has 0 saturated carbocycles. The van der Waals surface area contributed by atoms with Gasteiger partial charge in [0.05, 0.1) is 18.1 Å². The molecule has 0 spiro atoms. The second-order valence-corrected chi connectivity index (χ2v) is 6.92. The maximum Gasteiger partial charge on any atom is 0.230 e. The Labute approximate surface area is 161 Å². The Morgan fingerprint density at radius 1 is 1.11 bits per heavy atom. The molecule has 3 rings (SSSR count). The molecule has 1 amide bonds. The van der Waals surface area contributed by atoms with E-state index in [1.165, 1.54) is 23.9 Å². The predicted molar refractivity (Wildman–Crippen MR) is 103 cm³/mol. The highest BCUT2D eigenvalue weighted by Crippen LogP contribution is 2.19. The Morgan fingerprint density at radius 3 is 2.56 bits per heavy atom. The van der Waals surface area contributed by atoms with Gasteiger partial charge in [0.2, 0.25) is 5.91 Å². The SMILES string of the molecule is O=C(CSc1nc(CO)cn1Cc1ccc(F)cc1)NCc1ccccc1. The Morgan fingerprint density at radius 2 is 1.85 bits per heavy atom. The van der Waals surface area contributed by atoms with Crippen LogP contribution in [0.15, 0.2) is 66.0 Å². The Balaban J connectivity index is 1.59. The zero-order valence-corrected chi connectivity index (χ0v) is 15.5. The van der Waals surface area contributed by atoms with Crippen LogP contribution in [0, 0.1) is 5.82 Å². The predicted octanol–water partition coefficient (Wildman–Crippen LogP) is 2.97. The fraction of sp³-hybridized carbons (Fsp3) is 0.200. The van der Waals surface area contributed by atoms with Gasteiger partial charge in [-0.2, -0.15) is 0 Å². The van der Waals surface area contributed by atoms with Gasteiger partial charge in [-0.15, -0.1) is 0 Å². The molecule has 0 saturated heterocycles. The van der Waals surface area contributed by atoms with Crippen LogP contribution in [0.4, 0.5) is 4.39 Å². The van der Waals surface area contributed by atoms with Crippen molar-refractivity contribution in [1.82, 2.24) is 14.9 Å². The molecular formula is C20H20FN3O2S. The van der Waals surface area contributed by atoms with Gasteiger partial charge in [0, 0.05) is 19.3 Å². The zero-order valence-electron chi connectivity index (χ0n) is 14.6. The van der Waals surface area contributed by atoms with Crippen molar-refractivity contribution in [3.8, 4) is 0 Å². The summed E-state index contributed by atoms with van der Waals surface area (Å²) in [7, 11) is 0. The summed E-state index contributed by atoms with van der Waals surface area (Å²) in [6, 6.07) is 15.9. The molecule has 5 nitrogen and oxygen atoms in total. The van der Waals surface area contributed by atoms with E-state index in [2.05, 4.69) is 10.3 Å². The van der Waals surface area contributed by atoms with E-state index in [1.54, 1.807) is 18.3 Å². The van der Waals surface area contributed by atoms with Gasteiger partial charge >= 0.3 is 0 Å². The smallest absolute Gasteiger partial charge is 0.230 e. The monoisotopic (exact) mass is 385 g/mol. The summed E-state index contributed by atoms with van der Waals surface area (Å²) in [5, 5.41) is 12.9. The molecular weight excluding hydrogens is 365 g/mol. The number of imidazole rings is 1. The molecule has 2 aromatic carbocycles. The number of halogens is 1. The van der Waals surface area contributed by atoms with E-state index in [0.717, 1.165) is 11.1 Å². The van der Waals surface area contributed by atoms with E-state index in [1.807, 2.05) is 34.9 Å². The lowest BCUT2D eigenvalue weighted by atomic mass is 10.2. The summed E-state index contributed by atoms with van der Waals surface area (Å²) < 4.78 is 14.9. The van der Waals surface area contributed by atoms with Gasteiger partial charge in [-0.25, -0.2) is 9.37 Å². The Kier molecular flexibility index (Phi) is 6.62. The molecule has 0 aliphatic rings. The lowest BCUT2D eigenvalue weighted by molar-refractivity contribution is -0.118. The van der Waals surface area contributed by atoms with Crippen LogP contribution in [0.1, 0.15) is 16.8 Å². The molecule has 0 fully saturated rings. The molecule has 0 unspecified atom stereocenters. The first-order valence-corrected chi connectivity index (χ1v) is 9.47.